The minimum atomic E-state index is -0.838. The van der Waals surface area contributed by atoms with Crippen LogP contribution in [-0.4, -0.2) is 38.8 Å². The molecule has 1 unspecified atom stereocenters. The zero-order valence-corrected chi connectivity index (χ0v) is 16.3. The van der Waals surface area contributed by atoms with Crippen LogP contribution in [-0.2, 0) is 9.53 Å². The number of esters is 1. The number of ether oxygens (including phenoxy) is 1. The molecule has 1 fully saturated rings. The average Bonchev–Trinajstić information content (AvgIpc) is 2.90. The summed E-state index contributed by atoms with van der Waals surface area (Å²) in [4.78, 5) is 29.1. The first-order valence-corrected chi connectivity index (χ1v) is 9.80. The first kappa shape index (κ1) is 19.3. The molecule has 7 heteroatoms. The first-order chi connectivity index (χ1) is 13.0. The van der Waals surface area contributed by atoms with Crippen LogP contribution in [0, 0.1) is 0 Å². The Balaban J connectivity index is 1.62. The third-order valence-corrected chi connectivity index (χ3v) is 5.01. The van der Waals surface area contributed by atoms with E-state index in [-0.39, 0.29) is 18.0 Å². The van der Waals surface area contributed by atoms with Crippen molar-refractivity contribution in [3.8, 4) is 0 Å². The van der Waals surface area contributed by atoms with Crippen LogP contribution < -0.4 is 5.32 Å². The lowest BCUT2D eigenvalue weighted by Gasteiger charge is -2.19. The molecular weight excluding hydrogens is 344 g/mol. The van der Waals surface area contributed by atoms with Gasteiger partial charge >= 0.3 is 5.97 Å². The number of pyridine rings is 1. The quantitative estimate of drug-likeness (QED) is 0.642. The SMILES string of the molecule is CC(OC(=O)c1cnc2c(cnn2C(C)C)c1)C(=O)NC1CCCCCC1. The van der Waals surface area contributed by atoms with Crippen molar-refractivity contribution in [2.24, 2.45) is 0 Å². The Bertz CT molecular complexity index is 807. The minimum absolute atomic E-state index is 0.181. The molecule has 0 radical (unpaired) electrons. The number of carbonyl (C=O) groups is 2. The number of nitrogens with zero attached hydrogens (tertiary/aromatic N) is 3. The molecule has 1 aliphatic carbocycles. The lowest BCUT2D eigenvalue weighted by Crippen LogP contribution is -2.41. The maximum atomic E-state index is 12.4. The number of hydrogen-bond donors (Lipinski definition) is 1. The third-order valence-electron chi connectivity index (χ3n) is 5.01. The predicted molar refractivity (Wildman–Crippen MR) is 102 cm³/mol. The highest BCUT2D eigenvalue weighted by Crippen LogP contribution is 2.19. The van der Waals surface area contributed by atoms with E-state index in [1.54, 1.807) is 23.9 Å². The normalized spacial score (nSPS) is 16.9. The summed E-state index contributed by atoms with van der Waals surface area (Å²) in [7, 11) is 0. The Morgan fingerprint density at radius 1 is 1.15 bits per heavy atom. The maximum absolute atomic E-state index is 12.4. The van der Waals surface area contributed by atoms with Gasteiger partial charge in [0, 0.05) is 23.7 Å². The number of hydrogen-bond acceptors (Lipinski definition) is 5. The molecule has 0 aliphatic heterocycles. The van der Waals surface area contributed by atoms with Gasteiger partial charge in [-0.1, -0.05) is 25.7 Å². The molecule has 2 heterocycles. The van der Waals surface area contributed by atoms with Crippen molar-refractivity contribution in [3.63, 3.8) is 0 Å². The van der Waals surface area contributed by atoms with Gasteiger partial charge in [0.05, 0.1) is 11.8 Å². The van der Waals surface area contributed by atoms with E-state index in [4.69, 9.17) is 4.74 Å². The van der Waals surface area contributed by atoms with Crippen LogP contribution >= 0.6 is 0 Å². The second-order valence-electron chi connectivity index (χ2n) is 7.56. The number of carbonyl (C=O) groups excluding carboxylic acids is 2. The first-order valence-electron chi connectivity index (χ1n) is 9.80. The molecule has 1 aliphatic rings. The van der Waals surface area contributed by atoms with Crippen LogP contribution in [0.4, 0.5) is 0 Å². The molecule has 1 atom stereocenters. The van der Waals surface area contributed by atoms with Crippen molar-refractivity contribution in [1.82, 2.24) is 20.1 Å². The molecule has 0 saturated heterocycles. The van der Waals surface area contributed by atoms with Crippen LogP contribution in [0.3, 0.4) is 0 Å². The summed E-state index contributed by atoms with van der Waals surface area (Å²) >= 11 is 0. The van der Waals surface area contributed by atoms with Crippen LogP contribution in [0.2, 0.25) is 0 Å². The molecule has 2 aromatic heterocycles. The summed E-state index contributed by atoms with van der Waals surface area (Å²) < 4.78 is 7.15. The van der Waals surface area contributed by atoms with Crippen molar-refractivity contribution in [2.45, 2.75) is 77.5 Å². The van der Waals surface area contributed by atoms with Gasteiger partial charge in [0.2, 0.25) is 0 Å². The molecule has 1 saturated carbocycles. The van der Waals surface area contributed by atoms with Gasteiger partial charge < -0.3 is 10.1 Å². The molecule has 0 bridgehead atoms. The summed E-state index contributed by atoms with van der Waals surface area (Å²) in [5, 5.41) is 8.08. The minimum Gasteiger partial charge on any atom is -0.449 e. The molecule has 3 rings (SSSR count). The fraction of sp³-hybridized carbons (Fsp3) is 0.600. The van der Waals surface area contributed by atoms with E-state index in [0.29, 0.717) is 5.56 Å². The highest BCUT2D eigenvalue weighted by Gasteiger charge is 2.23. The number of rotatable bonds is 5. The highest BCUT2D eigenvalue weighted by molar-refractivity contribution is 5.94. The van der Waals surface area contributed by atoms with Gasteiger partial charge in [-0.05, 0) is 39.7 Å². The Morgan fingerprint density at radius 2 is 1.85 bits per heavy atom. The fourth-order valence-electron chi connectivity index (χ4n) is 3.45. The van der Waals surface area contributed by atoms with Gasteiger partial charge in [-0.3, -0.25) is 4.79 Å². The summed E-state index contributed by atoms with van der Waals surface area (Å²) in [5.74, 6) is -0.790. The van der Waals surface area contributed by atoms with Gasteiger partial charge in [-0.15, -0.1) is 0 Å². The molecule has 1 amide bonds. The zero-order chi connectivity index (χ0) is 19.4. The Labute approximate surface area is 159 Å². The van der Waals surface area contributed by atoms with E-state index in [1.165, 1.54) is 19.0 Å². The highest BCUT2D eigenvalue weighted by atomic mass is 16.5. The van der Waals surface area contributed by atoms with E-state index in [2.05, 4.69) is 15.4 Å². The predicted octanol–water partition coefficient (Wildman–Crippen LogP) is 3.40. The van der Waals surface area contributed by atoms with Gasteiger partial charge in [0.25, 0.3) is 5.91 Å². The number of aromatic nitrogens is 3. The van der Waals surface area contributed by atoms with Crippen molar-refractivity contribution in [2.75, 3.05) is 0 Å². The van der Waals surface area contributed by atoms with E-state index >= 15 is 0 Å². The number of amides is 1. The fourth-order valence-corrected chi connectivity index (χ4v) is 3.45. The Hall–Kier alpha value is -2.44. The van der Waals surface area contributed by atoms with E-state index in [9.17, 15) is 9.59 Å². The van der Waals surface area contributed by atoms with Gasteiger partial charge in [0.15, 0.2) is 11.8 Å². The molecule has 27 heavy (non-hydrogen) atoms. The van der Waals surface area contributed by atoms with Crippen LogP contribution in [0.5, 0.6) is 0 Å². The summed E-state index contributed by atoms with van der Waals surface area (Å²) in [6.07, 6.45) is 9.01. The second kappa shape index (κ2) is 8.50. The van der Waals surface area contributed by atoms with Crippen molar-refractivity contribution < 1.29 is 14.3 Å². The van der Waals surface area contributed by atoms with Gasteiger partial charge in [0.1, 0.15) is 0 Å². The lowest BCUT2D eigenvalue weighted by atomic mass is 10.1. The molecule has 146 valence electrons. The van der Waals surface area contributed by atoms with Crippen molar-refractivity contribution >= 4 is 22.9 Å². The largest absolute Gasteiger partial charge is 0.449 e. The van der Waals surface area contributed by atoms with Crippen molar-refractivity contribution in [3.05, 3.63) is 24.0 Å². The molecule has 1 N–H and O–H groups in total. The monoisotopic (exact) mass is 372 g/mol. The second-order valence-corrected chi connectivity index (χ2v) is 7.56. The van der Waals surface area contributed by atoms with Gasteiger partial charge in [-0.25, -0.2) is 14.5 Å². The van der Waals surface area contributed by atoms with E-state index < -0.39 is 12.1 Å². The Morgan fingerprint density at radius 3 is 2.52 bits per heavy atom. The van der Waals surface area contributed by atoms with Crippen LogP contribution in [0.25, 0.3) is 11.0 Å². The standard InChI is InChI=1S/C20H28N4O3/c1-13(2)24-18-15(12-22-24)10-16(11-21-18)20(26)27-14(3)19(25)23-17-8-6-4-5-7-9-17/h10-14,17H,4-9H2,1-3H3,(H,23,25). The third kappa shape index (κ3) is 4.64. The molecule has 0 spiro atoms. The Kier molecular flexibility index (Phi) is 6.08. The number of nitrogens with one attached hydrogen (secondary N) is 1. The molecule has 2 aromatic rings. The average molecular weight is 372 g/mol. The topological polar surface area (TPSA) is 86.1 Å². The zero-order valence-electron chi connectivity index (χ0n) is 16.3. The van der Waals surface area contributed by atoms with Crippen molar-refractivity contribution in [1.29, 1.82) is 0 Å². The van der Waals surface area contributed by atoms with Crippen LogP contribution in [0.15, 0.2) is 18.5 Å². The molecular formula is C20H28N4O3. The van der Waals surface area contributed by atoms with Gasteiger partial charge in [-0.2, -0.15) is 5.10 Å². The maximum Gasteiger partial charge on any atom is 0.340 e. The lowest BCUT2D eigenvalue weighted by molar-refractivity contribution is -0.129. The van der Waals surface area contributed by atoms with Crippen LogP contribution in [0.1, 0.15) is 75.7 Å². The molecule has 0 aromatic carbocycles. The summed E-state index contributed by atoms with van der Waals surface area (Å²) in [6.45, 7) is 5.64. The smallest absolute Gasteiger partial charge is 0.340 e. The number of fused-ring (bicyclic) bond motifs is 1. The summed E-state index contributed by atoms with van der Waals surface area (Å²) in [5.41, 5.74) is 1.04. The molecule has 7 nitrogen and oxygen atoms in total. The summed E-state index contributed by atoms with van der Waals surface area (Å²) in [6, 6.07) is 2.06. The van der Waals surface area contributed by atoms with E-state index in [1.807, 2.05) is 13.8 Å². The van der Waals surface area contributed by atoms with E-state index in [0.717, 1.165) is 36.7 Å².